The van der Waals surface area contributed by atoms with Crippen molar-refractivity contribution in [2.24, 2.45) is 0 Å². The van der Waals surface area contributed by atoms with Crippen LogP contribution in [0.25, 0.3) is 0 Å². The molecule has 1 N–H and O–H groups in total. The average molecular weight is 301 g/mol. The third kappa shape index (κ3) is 2.23. The fourth-order valence-corrected chi connectivity index (χ4v) is 4.87. The third-order valence-corrected chi connectivity index (χ3v) is 6.02. The first-order valence-corrected chi connectivity index (χ1v) is 8.52. The second-order valence-corrected chi connectivity index (χ2v) is 9.72. The Labute approximate surface area is 119 Å². The van der Waals surface area contributed by atoms with Gasteiger partial charge in [-0.1, -0.05) is 27.7 Å². The van der Waals surface area contributed by atoms with E-state index in [4.69, 9.17) is 9.53 Å². The topological polar surface area (TPSA) is 66.8 Å². The minimum absolute atomic E-state index is 0.0742. The number of fused-ring (bicyclic) bond motifs is 1. The second-order valence-electron chi connectivity index (χ2n) is 6.06. The Balaban J connectivity index is 2.15. The molecule has 7 heteroatoms. The number of β-lactam (4-membered cyclic amide) rings is 1. The van der Waals surface area contributed by atoms with E-state index in [0.29, 0.717) is 6.42 Å². The lowest BCUT2D eigenvalue weighted by molar-refractivity contribution is -0.173. The predicted octanol–water partition coefficient (Wildman–Crippen LogP) is 1.30. The van der Waals surface area contributed by atoms with Crippen LogP contribution in [0.3, 0.4) is 0 Å². The van der Waals surface area contributed by atoms with Crippen molar-refractivity contribution in [2.75, 3.05) is 0 Å². The van der Waals surface area contributed by atoms with Crippen molar-refractivity contribution in [3.8, 4) is 0 Å². The van der Waals surface area contributed by atoms with Crippen LogP contribution < -0.4 is 0 Å². The molecule has 0 bridgehead atoms. The van der Waals surface area contributed by atoms with Gasteiger partial charge in [0.1, 0.15) is 11.1 Å². The van der Waals surface area contributed by atoms with Gasteiger partial charge in [0.05, 0.1) is 0 Å². The Morgan fingerprint density at radius 3 is 2.74 bits per heavy atom. The number of nitrogens with zero attached hydrogens (tertiary/aromatic N) is 1. The molecule has 5 nitrogen and oxygen atoms in total. The van der Waals surface area contributed by atoms with E-state index in [1.165, 1.54) is 16.7 Å². The average Bonchev–Trinajstić information content (AvgIpc) is 2.70. The predicted molar refractivity (Wildman–Crippen MR) is 76.3 cm³/mol. The molecule has 1 unspecified atom stereocenters. The van der Waals surface area contributed by atoms with Crippen molar-refractivity contribution in [1.29, 1.82) is 0 Å². The molecule has 1 saturated heterocycles. The summed E-state index contributed by atoms with van der Waals surface area (Å²) in [5.41, 5.74) is -0.734. The minimum atomic E-state index is -1.05. The first-order valence-electron chi connectivity index (χ1n) is 6.29. The third-order valence-electron chi connectivity index (χ3n) is 3.29. The molecule has 0 aromatic rings. The van der Waals surface area contributed by atoms with Crippen molar-refractivity contribution < 1.29 is 19.1 Å². The Kier molecular flexibility index (Phi) is 3.57. The Hall–Kier alpha value is -0.793. The zero-order valence-electron chi connectivity index (χ0n) is 11.6. The summed E-state index contributed by atoms with van der Waals surface area (Å²) in [6, 6.07) is 0. The molecule has 1 amide bonds. The highest BCUT2D eigenvalue weighted by atomic mass is 32.2. The highest BCUT2D eigenvalue weighted by molar-refractivity contribution is 8.03. The van der Waals surface area contributed by atoms with Gasteiger partial charge in [0.25, 0.3) is 5.91 Å². The van der Waals surface area contributed by atoms with Crippen LogP contribution >= 0.6 is 11.8 Å². The first-order chi connectivity index (χ1) is 8.73. The smallest absolute Gasteiger partial charge is 0.353 e. The number of thioether (sulfide) groups is 1. The monoisotopic (exact) mass is 301 g/mol. The highest BCUT2D eigenvalue weighted by Gasteiger charge is 2.64. The Morgan fingerprint density at radius 1 is 1.63 bits per heavy atom. The first kappa shape index (κ1) is 14.6. The molecule has 2 atom stereocenters. The summed E-state index contributed by atoms with van der Waals surface area (Å²) < 4.78 is 6.03. The fraction of sp³-hybridized carbons (Fsp3) is 0.667. The number of amides is 1. The van der Waals surface area contributed by atoms with Gasteiger partial charge in [-0.25, -0.2) is 4.79 Å². The van der Waals surface area contributed by atoms with Crippen molar-refractivity contribution in [3.05, 3.63) is 11.1 Å². The van der Waals surface area contributed by atoms with E-state index in [2.05, 4.69) is 20.8 Å². The number of rotatable bonds is 4. The molecule has 0 aromatic heterocycles. The van der Waals surface area contributed by atoms with Crippen LogP contribution in [-0.4, -0.2) is 42.6 Å². The summed E-state index contributed by atoms with van der Waals surface area (Å²) in [5.74, 6) is -1.25. The van der Waals surface area contributed by atoms with E-state index in [0.717, 1.165) is 0 Å². The second kappa shape index (κ2) is 4.64. The molecule has 2 rings (SSSR count). The highest BCUT2D eigenvalue weighted by Crippen LogP contribution is 2.51. The maximum absolute atomic E-state index is 12.3. The maximum atomic E-state index is 12.3. The van der Waals surface area contributed by atoms with E-state index in [1.54, 1.807) is 5.41 Å². The van der Waals surface area contributed by atoms with Gasteiger partial charge in [-0.2, -0.15) is 0 Å². The number of carbonyl (C=O) groups is 2. The van der Waals surface area contributed by atoms with E-state index in [1.807, 2.05) is 6.92 Å². The summed E-state index contributed by atoms with van der Waals surface area (Å²) in [4.78, 5) is 24.7. The number of aliphatic carboxylic acids is 1. The lowest BCUT2D eigenvalue weighted by atomic mass is 9.89. The van der Waals surface area contributed by atoms with Crippen LogP contribution in [0.5, 0.6) is 0 Å². The largest absolute Gasteiger partial charge is 0.477 e. The number of carboxylic acid groups (broad SMARTS) is 1. The molecule has 106 valence electrons. The van der Waals surface area contributed by atoms with Crippen molar-refractivity contribution >= 4 is 33.4 Å². The molecule has 0 aliphatic carbocycles. The van der Waals surface area contributed by atoms with Crippen LogP contribution in [0.15, 0.2) is 11.1 Å². The van der Waals surface area contributed by atoms with E-state index in [9.17, 15) is 9.59 Å². The minimum Gasteiger partial charge on any atom is -0.477 e. The maximum Gasteiger partial charge on any atom is 0.353 e. The zero-order valence-corrected chi connectivity index (χ0v) is 13.8. The van der Waals surface area contributed by atoms with Crippen LogP contribution in [0, 0.1) is 0 Å². The Bertz CT molecular complexity index is 459. The van der Waals surface area contributed by atoms with Crippen molar-refractivity contribution in [2.45, 2.75) is 50.1 Å². The molecule has 0 spiro atoms. The normalized spacial score (nSPS) is 30.5. The summed E-state index contributed by atoms with van der Waals surface area (Å²) in [6.45, 7) is 8.23. The summed E-state index contributed by atoms with van der Waals surface area (Å²) in [6.07, 6.45) is 0.587. The van der Waals surface area contributed by atoms with Gasteiger partial charge in [0.15, 0.2) is 15.4 Å². The molecule has 0 radical (unpaired) electrons. The summed E-state index contributed by atoms with van der Waals surface area (Å²) >= 11 is 1.37. The van der Waals surface area contributed by atoms with Crippen molar-refractivity contribution in [3.63, 3.8) is 0 Å². The van der Waals surface area contributed by atoms with Crippen LogP contribution in [0.4, 0.5) is 0 Å². The number of hydrogen-bond donors (Lipinski definition) is 1. The van der Waals surface area contributed by atoms with Gasteiger partial charge >= 0.3 is 5.97 Å². The number of carbonyl (C=O) groups excluding carboxylic acids is 1. The van der Waals surface area contributed by atoms with Crippen molar-refractivity contribution in [1.82, 2.24) is 4.90 Å². The molecule has 19 heavy (non-hydrogen) atoms. The van der Waals surface area contributed by atoms with Gasteiger partial charge in [-0.3, -0.25) is 9.69 Å². The fourth-order valence-electron chi connectivity index (χ4n) is 2.21. The lowest BCUT2D eigenvalue weighted by Crippen LogP contribution is -2.72. The molecule has 2 aliphatic heterocycles. The lowest BCUT2D eigenvalue weighted by Gasteiger charge is -2.52. The molecule has 0 saturated carbocycles. The Morgan fingerprint density at radius 2 is 2.26 bits per heavy atom. The summed E-state index contributed by atoms with van der Waals surface area (Å²) in [7, 11) is -0.861. The number of hydrogen-bond acceptors (Lipinski definition) is 4. The van der Waals surface area contributed by atoms with Gasteiger partial charge in [0.2, 0.25) is 0 Å². The SMILES string of the molecule is CCC1(O[SiH2]C(C)(C)C)C(=O)N2C(C(=O)O)=CS[C@H]21. The molecule has 0 aromatic carbocycles. The van der Waals surface area contributed by atoms with E-state index < -0.39 is 21.3 Å². The standard InChI is InChI=1S/C12H19NO4SSi/c1-5-12(17-19-11(2,3)4)9(16)13-7(8(14)15)6-18-10(12)13/h6,10H,5,19H2,1-4H3,(H,14,15)/t10-,12?/m0/s1. The molecular formula is C12H19NO4SSi. The van der Waals surface area contributed by atoms with Gasteiger partial charge in [-0.15, -0.1) is 11.8 Å². The number of carboxylic acids is 1. The molecule has 2 heterocycles. The zero-order chi connectivity index (χ0) is 14.4. The van der Waals surface area contributed by atoms with E-state index in [-0.39, 0.29) is 22.0 Å². The van der Waals surface area contributed by atoms with Crippen LogP contribution in [0.2, 0.25) is 5.04 Å². The quantitative estimate of drug-likeness (QED) is 0.626. The van der Waals surface area contributed by atoms with Gasteiger partial charge in [-0.05, 0) is 11.5 Å². The van der Waals surface area contributed by atoms with Gasteiger partial charge in [0, 0.05) is 5.41 Å². The molecule has 2 aliphatic rings. The van der Waals surface area contributed by atoms with Crippen LogP contribution in [-0.2, 0) is 14.0 Å². The molecular weight excluding hydrogens is 282 g/mol. The molecule has 1 fully saturated rings. The summed E-state index contributed by atoms with van der Waals surface area (Å²) in [5, 5.41) is 10.5. The van der Waals surface area contributed by atoms with Gasteiger partial charge < -0.3 is 9.53 Å². The van der Waals surface area contributed by atoms with E-state index >= 15 is 0 Å². The van der Waals surface area contributed by atoms with Crippen LogP contribution in [0.1, 0.15) is 34.1 Å².